The second-order valence-electron chi connectivity index (χ2n) is 7.29. The molecule has 0 radical (unpaired) electrons. The van der Waals surface area contributed by atoms with Gasteiger partial charge in [0.15, 0.2) is 0 Å². The molecule has 3 heterocycles. The van der Waals surface area contributed by atoms with Crippen LogP contribution >= 0.6 is 0 Å². The van der Waals surface area contributed by atoms with E-state index in [0.717, 1.165) is 44.7 Å². The maximum atomic E-state index is 12.9. The van der Waals surface area contributed by atoms with Gasteiger partial charge in [-0.3, -0.25) is 9.69 Å². The molecule has 1 amide bonds. The van der Waals surface area contributed by atoms with Crippen LogP contribution in [0.1, 0.15) is 29.6 Å². The van der Waals surface area contributed by atoms with Crippen molar-refractivity contribution < 1.29 is 14.6 Å². The highest BCUT2D eigenvalue weighted by Crippen LogP contribution is 2.25. The predicted octanol–water partition coefficient (Wildman–Crippen LogP) is 0.647. The van der Waals surface area contributed by atoms with E-state index in [1.807, 2.05) is 4.90 Å². The summed E-state index contributed by atoms with van der Waals surface area (Å²) in [6, 6.07) is 5.36. The summed E-state index contributed by atoms with van der Waals surface area (Å²) in [5.74, 6) is -0.00878. The summed E-state index contributed by atoms with van der Waals surface area (Å²) >= 11 is 0. The molecule has 1 atom stereocenters. The number of aromatic nitrogens is 3. The third kappa shape index (κ3) is 3.72. The van der Waals surface area contributed by atoms with Crippen molar-refractivity contribution in [2.24, 2.45) is 0 Å². The predicted molar refractivity (Wildman–Crippen MR) is 95.9 cm³/mol. The summed E-state index contributed by atoms with van der Waals surface area (Å²) < 4.78 is 5.38. The highest BCUT2D eigenvalue weighted by Gasteiger charge is 2.34. The molecular weight excluding hydrogens is 334 g/mol. The molecule has 1 aromatic heterocycles. The van der Waals surface area contributed by atoms with Crippen LogP contribution in [0, 0.1) is 0 Å². The topological polar surface area (TPSA) is 94.6 Å². The van der Waals surface area contributed by atoms with Crippen molar-refractivity contribution in [2.45, 2.75) is 24.9 Å². The number of hydrogen-bond acceptors (Lipinski definition) is 6. The Morgan fingerprint density at radius 2 is 1.96 bits per heavy atom. The van der Waals surface area contributed by atoms with Gasteiger partial charge in [0.2, 0.25) is 0 Å². The molecule has 2 aliphatic rings. The number of nitrogens with zero attached hydrogens (tertiary/aromatic N) is 4. The van der Waals surface area contributed by atoms with Gasteiger partial charge in [0.05, 0.1) is 18.8 Å². The first-order chi connectivity index (χ1) is 12.6. The second kappa shape index (κ2) is 7.30. The third-order valence-corrected chi connectivity index (χ3v) is 5.39. The molecule has 26 heavy (non-hydrogen) atoms. The van der Waals surface area contributed by atoms with E-state index < -0.39 is 5.60 Å². The normalized spacial score (nSPS) is 25.3. The Morgan fingerprint density at radius 3 is 2.81 bits per heavy atom. The van der Waals surface area contributed by atoms with Crippen LogP contribution in [-0.4, -0.2) is 87.8 Å². The molecule has 2 N–H and O–H groups in total. The van der Waals surface area contributed by atoms with Crippen LogP contribution in [0.2, 0.25) is 0 Å². The fourth-order valence-electron chi connectivity index (χ4n) is 3.87. The number of carbonyl (C=O) groups is 1. The quantitative estimate of drug-likeness (QED) is 0.836. The van der Waals surface area contributed by atoms with Crippen LogP contribution < -0.4 is 0 Å². The Morgan fingerprint density at radius 1 is 1.15 bits per heavy atom. The van der Waals surface area contributed by atoms with Crippen LogP contribution in [0.4, 0.5) is 0 Å². The first-order valence-electron chi connectivity index (χ1n) is 9.25. The van der Waals surface area contributed by atoms with E-state index in [1.165, 1.54) is 0 Å². The standard InChI is InChI=1S/C18H25N5O3/c24-17(14-2-3-15-16(12-14)20-21-19-15)23-6-1-4-18(25,5-7-23)13-22-8-10-26-11-9-22/h2-3,12,25H,1,4-11,13H2,(H,19,20,21)/t18-/m1/s1. The number of likely N-dealkylation sites (tertiary alicyclic amines) is 1. The molecule has 0 unspecified atom stereocenters. The number of benzene rings is 1. The third-order valence-electron chi connectivity index (χ3n) is 5.39. The zero-order chi connectivity index (χ0) is 18.0. The molecular formula is C18H25N5O3. The maximum absolute atomic E-state index is 12.9. The van der Waals surface area contributed by atoms with Gasteiger partial charge in [0.1, 0.15) is 11.0 Å². The monoisotopic (exact) mass is 359 g/mol. The van der Waals surface area contributed by atoms with Crippen molar-refractivity contribution >= 4 is 16.9 Å². The van der Waals surface area contributed by atoms with E-state index in [-0.39, 0.29) is 5.91 Å². The number of aromatic amines is 1. The van der Waals surface area contributed by atoms with Crippen molar-refractivity contribution in [1.29, 1.82) is 0 Å². The van der Waals surface area contributed by atoms with E-state index in [2.05, 4.69) is 20.3 Å². The van der Waals surface area contributed by atoms with Crippen LogP contribution in [0.5, 0.6) is 0 Å². The Labute approximate surface area is 152 Å². The average molecular weight is 359 g/mol. The number of hydrogen-bond donors (Lipinski definition) is 2. The van der Waals surface area contributed by atoms with Crippen molar-refractivity contribution in [3.63, 3.8) is 0 Å². The van der Waals surface area contributed by atoms with Gasteiger partial charge in [-0.15, -0.1) is 0 Å². The van der Waals surface area contributed by atoms with Gasteiger partial charge in [-0.2, -0.15) is 15.4 Å². The van der Waals surface area contributed by atoms with Gasteiger partial charge < -0.3 is 14.7 Å². The lowest BCUT2D eigenvalue weighted by atomic mass is 9.94. The Kier molecular flexibility index (Phi) is 4.88. The molecule has 8 heteroatoms. The van der Waals surface area contributed by atoms with E-state index >= 15 is 0 Å². The molecule has 0 saturated carbocycles. The maximum Gasteiger partial charge on any atom is 0.253 e. The lowest BCUT2D eigenvalue weighted by Crippen LogP contribution is -2.48. The van der Waals surface area contributed by atoms with Crippen molar-refractivity contribution in [1.82, 2.24) is 25.2 Å². The van der Waals surface area contributed by atoms with Crippen LogP contribution in [0.3, 0.4) is 0 Å². The smallest absolute Gasteiger partial charge is 0.253 e. The van der Waals surface area contributed by atoms with E-state index in [4.69, 9.17) is 4.74 Å². The summed E-state index contributed by atoms with van der Waals surface area (Å²) in [7, 11) is 0. The van der Waals surface area contributed by atoms with E-state index in [9.17, 15) is 9.90 Å². The highest BCUT2D eigenvalue weighted by molar-refractivity contribution is 5.97. The molecule has 8 nitrogen and oxygen atoms in total. The molecule has 2 saturated heterocycles. The van der Waals surface area contributed by atoms with E-state index in [1.54, 1.807) is 18.2 Å². The van der Waals surface area contributed by atoms with Crippen molar-refractivity contribution in [3.05, 3.63) is 23.8 Å². The zero-order valence-corrected chi connectivity index (χ0v) is 14.9. The van der Waals surface area contributed by atoms with Gasteiger partial charge in [-0.1, -0.05) is 0 Å². The largest absolute Gasteiger partial charge is 0.388 e. The number of carbonyl (C=O) groups excluding carboxylic acids is 1. The number of β-amino-alcohol motifs (C(OH)–C–C–N with tert-alkyl or cyclic N) is 1. The molecule has 0 aliphatic carbocycles. The first kappa shape index (κ1) is 17.4. The summed E-state index contributed by atoms with van der Waals surface area (Å²) in [5, 5.41) is 21.7. The lowest BCUT2D eigenvalue weighted by molar-refractivity contribution is -0.0389. The molecule has 4 rings (SSSR count). The number of rotatable bonds is 3. The molecule has 2 aliphatic heterocycles. The summed E-state index contributed by atoms with van der Waals surface area (Å²) in [6.07, 6.45) is 2.12. The highest BCUT2D eigenvalue weighted by atomic mass is 16.5. The number of fused-ring (bicyclic) bond motifs is 1. The molecule has 2 aromatic rings. The van der Waals surface area contributed by atoms with Gasteiger partial charge in [0, 0.05) is 38.3 Å². The molecule has 0 bridgehead atoms. The summed E-state index contributed by atoms with van der Waals surface area (Å²) in [4.78, 5) is 17.0. The lowest BCUT2D eigenvalue weighted by Gasteiger charge is -2.35. The fraction of sp³-hybridized carbons (Fsp3) is 0.611. The number of nitrogens with one attached hydrogen (secondary N) is 1. The molecule has 0 spiro atoms. The second-order valence-corrected chi connectivity index (χ2v) is 7.29. The van der Waals surface area contributed by atoms with Crippen LogP contribution in [0.25, 0.3) is 11.0 Å². The van der Waals surface area contributed by atoms with Crippen LogP contribution in [-0.2, 0) is 4.74 Å². The molecule has 2 fully saturated rings. The van der Waals surface area contributed by atoms with Crippen LogP contribution in [0.15, 0.2) is 18.2 Å². The number of morpholine rings is 1. The minimum Gasteiger partial charge on any atom is -0.388 e. The summed E-state index contributed by atoms with van der Waals surface area (Å²) in [5.41, 5.74) is 1.32. The minimum absolute atomic E-state index is 0.00878. The Bertz CT molecular complexity index is 773. The minimum atomic E-state index is -0.734. The number of ether oxygens (including phenoxy) is 1. The van der Waals surface area contributed by atoms with E-state index in [0.29, 0.717) is 37.1 Å². The number of aliphatic hydroxyl groups is 1. The zero-order valence-electron chi connectivity index (χ0n) is 14.9. The molecule has 140 valence electrons. The summed E-state index contributed by atoms with van der Waals surface area (Å²) in [6.45, 7) is 5.07. The molecule has 1 aromatic carbocycles. The number of amides is 1. The average Bonchev–Trinajstić information content (AvgIpc) is 3.04. The van der Waals surface area contributed by atoms with Crippen molar-refractivity contribution in [2.75, 3.05) is 45.9 Å². The van der Waals surface area contributed by atoms with Gasteiger partial charge in [0.25, 0.3) is 5.91 Å². The number of H-pyrrole nitrogens is 1. The Balaban J connectivity index is 1.41. The fourth-order valence-corrected chi connectivity index (χ4v) is 3.87. The van der Waals surface area contributed by atoms with Gasteiger partial charge in [-0.05, 0) is 37.5 Å². The first-order valence-corrected chi connectivity index (χ1v) is 9.25. The van der Waals surface area contributed by atoms with Crippen molar-refractivity contribution in [3.8, 4) is 0 Å². The van der Waals surface area contributed by atoms with Gasteiger partial charge >= 0.3 is 0 Å². The SMILES string of the molecule is O=C(c1ccc2n[nH]nc2c1)N1CCC[C@](O)(CN2CCOCC2)CC1. The van der Waals surface area contributed by atoms with Gasteiger partial charge in [-0.25, -0.2) is 0 Å². The Hall–Kier alpha value is -2.03.